The van der Waals surface area contributed by atoms with Crippen LogP contribution in [0.2, 0.25) is 0 Å². The second-order valence-electron chi connectivity index (χ2n) is 11.9. The molecule has 7 rings (SSSR count). The van der Waals surface area contributed by atoms with E-state index in [0.29, 0.717) is 18.7 Å². The van der Waals surface area contributed by atoms with Crippen molar-refractivity contribution in [1.29, 1.82) is 0 Å². The number of hydrogen-bond acceptors (Lipinski definition) is 6. The highest BCUT2D eigenvalue weighted by atomic mass is 16.5. The van der Waals surface area contributed by atoms with E-state index in [-0.39, 0.29) is 23.7 Å². The van der Waals surface area contributed by atoms with E-state index in [1.165, 1.54) is 0 Å². The fourth-order valence-electron chi connectivity index (χ4n) is 7.77. The number of para-hydroxylation sites is 1. The number of ketones is 1. The van der Waals surface area contributed by atoms with Crippen LogP contribution in [0.4, 0.5) is 5.69 Å². The number of piperidine rings is 1. The first-order valence-corrected chi connectivity index (χ1v) is 14.9. The fourth-order valence-corrected chi connectivity index (χ4v) is 7.77. The average Bonchev–Trinajstić information content (AvgIpc) is 3.52. The lowest BCUT2D eigenvalue weighted by Crippen LogP contribution is -2.65. The largest absolute Gasteiger partial charge is 0.497 e. The summed E-state index contributed by atoms with van der Waals surface area (Å²) in [6.45, 7) is 0.859. The Morgan fingerprint density at radius 3 is 2.11 bits per heavy atom. The smallest absolute Gasteiger partial charge is 0.250 e. The molecule has 2 N–H and O–H groups in total. The maximum absolute atomic E-state index is 15.5. The molecule has 2 spiro atoms. The van der Waals surface area contributed by atoms with Crippen LogP contribution in [-0.4, -0.2) is 50.9 Å². The summed E-state index contributed by atoms with van der Waals surface area (Å²) in [6, 6.07) is 33.2. The van der Waals surface area contributed by atoms with Gasteiger partial charge in [-0.15, -0.1) is 0 Å². The summed E-state index contributed by atoms with van der Waals surface area (Å²) in [5.74, 6) is 0.866. The minimum Gasteiger partial charge on any atom is -0.497 e. The Labute approximate surface area is 257 Å². The zero-order valence-corrected chi connectivity index (χ0v) is 25.0. The van der Waals surface area contributed by atoms with E-state index in [1.807, 2.05) is 104 Å². The number of benzene rings is 4. The molecule has 4 aromatic carbocycles. The van der Waals surface area contributed by atoms with E-state index < -0.39 is 11.0 Å². The number of fused-ring (bicyclic) bond motifs is 3. The number of carbonyl (C=O) groups excluding carboxylic acids is 2. The minimum absolute atomic E-state index is 0.0231. The van der Waals surface area contributed by atoms with Crippen LogP contribution in [0.15, 0.2) is 109 Å². The molecule has 0 aliphatic carbocycles. The third kappa shape index (κ3) is 4.11. The first kappa shape index (κ1) is 28.1. The van der Waals surface area contributed by atoms with Crippen LogP contribution in [0.1, 0.15) is 34.2 Å². The summed E-state index contributed by atoms with van der Waals surface area (Å²) in [6.07, 6.45) is 1.96. The molecule has 0 unspecified atom stereocenters. The topological polar surface area (TPSA) is 79.9 Å². The van der Waals surface area contributed by atoms with Crippen LogP contribution < -0.4 is 20.1 Å². The van der Waals surface area contributed by atoms with E-state index in [2.05, 4.69) is 27.7 Å². The molecule has 2 fully saturated rings. The third-order valence-electron chi connectivity index (χ3n) is 9.57. The zero-order chi connectivity index (χ0) is 30.5. The molecule has 0 aromatic heterocycles. The molecule has 0 bridgehead atoms. The van der Waals surface area contributed by atoms with Crippen LogP contribution in [0.5, 0.6) is 11.5 Å². The zero-order valence-electron chi connectivity index (χ0n) is 25.0. The lowest BCUT2D eigenvalue weighted by atomic mass is 9.55. The first-order valence-electron chi connectivity index (χ1n) is 14.9. The molecule has 0 saturated carbocycles. The Morgan fingerprint density at radius 2 is 1.43 bits per heavy atom. The molecule has 7 heteroatoms. The maximum atomic E-state index is 15.5. The lowest BCUT2D eigenvalue weighted by Gasteiger charge is -2.49. The number of nitrogens with zero attached hydrogens (tertiary/aromatic N) is 1. The molecule has 3 aliphatic heterocycles. The van der Waals surface area contributed by atoms with Crippen molar-refractivity contribution in [2.24, 2.45) is 5.41 Å². The van der Waals surface area contributed by atoms with Gasteiger partial charge in [0.15, 0.2) is 5.78 Å². The molecule has 222 valence electrons. The van der Waals surface area contributed by atoms with Crippen molar-refractivity contribution in [3.63, 3.8) is 0 Å². The van der Waals surface area contributed by atoms with Crippen LogP contribution in [0.25, 0.3) is 6.08 Å². The molecule has 2 saturated heterocycles. The van der Waals surface area contributed by atoms with E-state index in [9.17, 15) is 4.79 Å². The summed E-state index contributed by atoms with van der Waals surface area (Å²) in [7, 11) is 5.31. The number of likely N-dealkylation sites (tertiary alicyclic amines) is 1. The fraction of sp³-hybridized carbons (Fsp3) is 0.243. The van der Waals surface area contributed by atoms with Gasteiger partial charge in [0.05, 0.1) is 19.6 Å². The second-order valence-corrected chi connectivity index (χ2v) is 11.9. The Bertz CT molecular complexity index is 1750. The maximum Gasteiger partial charge on any atom is 0.250 e. The van der Waals surface area contributed by atoms with E-state index in [0.717, 1.165) is 39.4 Å². The molecule has 44 heavy (non-hydrogen) atoms. The first-order chi connectivity index (χ1) is 21.4. The van der Waals surface area contributed by atoms with Crippen LogP contribution in [0, 0.1) is 5.41 Å². The van der Waals surface area contributed by atoms with Crippen molar-refractivity contribution in [3.8, 4) is 11.5 Å². The Morgan fingerprint density at radius 1 is 0.795 bits per heavy atom. The minimum atomic E-state index is -1.32. The van der Waals surface area contributed by atoms with Gasteiger partial charge in [0.2, 0.25) is 0 Å². The lowest BCUT2D eigenvalue weighted by molar-refractivity contribution is -0.141. The van der Waals surface area contributed by atoms with Crippen LogP contribution in [0.3, 0.4) is 0 Å². The normalized spacial score (nSPS) is 27.1. The van der Waals surface area contributed by atoms with Crippen molar-refractivity contribution in [2.75, 3.05) is 39.7 Å². The van der Waals surface area contributed by atoms with Gasteiger partial charge in [-0.05, 0) is 60.1 Å². The Kier molecular flexibility index (Phi) is 6.87. The third-order valence-corrected chi connectivity index (χ3v) is 9.57. The summed E-state index contributed by atoms with van der Waals surface area (Å²) in [5.41, 5.74) is 2.56. The Balaban J connectivity index is 1.51. The molecule has 3 heterocycles. The van der Waals surface area contributed by atoms with Gasteiger partial charge in [-0.25, -0.2) is 0 Å². The number of hydrogen-bond donors (Lipinski definition) is 2. The number of rotatable bonds is 5. The monoisotopic (exact) mass is 585 g/mol. The molecule has 4 atom stereocenters. The average molecular weight is 586 g/mol. The highest BCUT2D eigenvalue weighted by Crippen LogP contribution is 2.65. The predicted octanol–water partition coefficient (Wildman–Crippen LogP) is 5.56. The Hall–Kier alpha value is -4.72. The molecular formula is C37H35N3O4. The van der Waals surface area contributed by atoms with Gasteiger partial charge in [-0.2, -0.15) is 0 Å². The SMILES string of the molecule is COc1ccc(/C=C2\CN(C)C[C@@]3(C2=O)[C@@H](c2ccc(OC)cc2)[C@H](c2ccccc2)N[C@@]32C(=O)Nc3ccccc32)cc1. The van der Waals surface area contributed by atoms with Gasteiger partial charge < -0.3 is 19.7 Å². The van der Waals surface area contributed by atoms with Gasteiger partial charge in [0.1, 0.15) is 17.0 Å². The molecule has 4 aromatic rings. The van der Waals surface area contributed by atoms with Gasteiger partial charge in [0, 0.05) is 41.9 Å². The predicted molar refractivity (Wildman–Crippen MR) is 171 cm³/mol. The molecule has 3 aliphatic rings. The van der Waals surface area contributed by atoms with Crippen molar-refractivity contribution in [2.45, 2.75) is 17.5 Å². The van der Waals surface area contributed by atoms with Crippen LogP contribution in [-0.2, 0) is 15.1 Å². The van der Waals surface area contributed by atoms with Crippen molar-refractivity contribution in [3.05, 3.63) is 131 Å². The molecular weight excluding hydrogens is 550 g/mol. The van der Waals surface area contributed by atoms with E-state index in [1.54, 1.807) is 14.2 Å². The number of anilines is 1. The van der Waals surface area contributed by atoms with E-state index in [4.69, 9.17) is 9.47 Å². The standard InChI is InChI=1S/C37H35N3O4/c1-40-22-27(21-24-13-17-28(43-2)18-14-24)34(41)36(23-40)32(25-15-19-29(44-3)20-16-25)33(26-9-5-4-6-10-26)39-37(36)30-11-7-8-12-31(30)38-35(37)42/h4-21,32-33,39H,22-23H2,1-3H3,(H,38,42)/b27-21+/t32-,33-,36-,37-/m0/s1. The highest BCUT2D eigenvalue weighted by Gasteiger charge is 2.74. The van der Waals surface area contributed by atoms with Crippen molar-refractivity contribution >= 4 is 23.5 Å². The van der Waals surface area contributed by atoms with Gasteiger partial charge in [-0.1, -0.05) is 72.8 Å². The number of nitrogens with one attached hydrogen (secondary N) is 2. The van der Waals surface area contributed by atoms with Gasteiger partial charge in [0.25, 0.3) is 5.91 Å². The van der Waals surface area contributed by atoms with E-state index >= 15 is 4.79 Å². The summed E-state index contributed by atoms with van der Waals surface area (Å²) >= 11 is 0. The molecule has 7 nitrogen and oxygen atoms in total. The summed E-state index contributed by atoms with van der Waals surface area (Å²) in [4.78, 5) is 32.2. The molecule has 0 radical (unpaired) electrons. The number of amides is 1. The number of ether oxygens (including phenoxy) is 2. The highest BCUT2D eigenvalue weighted by molar-refractivity contribution is 6.16. The summed E-state index contributed by atoms with van der Waals surface area (Å²) < 4.78 is 10.9. The van der Waals surface area contributed by atoms with Crippen molar-refractivity contribution < 1.29 is 19.1 Å². The number of methoxy groups -OCH3 is 2. The summed E-state index contributed by atoms with van der Waals surface area (Å²) in [5, 5.41) is 6.99. The number of carbonyl (C=O) groups is 2. The van der Waals surface area contributed by atoms with Gasteiger partial charge in [-0.3, -0.25) is 14.9 Å². The second kappa shape index (κ2) is 10.8. The van der Waals surface area contributed by atoms with Crippen molar-refractivity contribution in [1.82, 2.24) is 10.2 Å². The quantitative estimate of drug-likeness (QED) is 0.299. The molecule has 1 amide bonds. The number of Topliss-reactive ketones (excluding diaryl/α,β-unsaturated/α-hetero) is 1. The number of likely N-dealkylation sites (N-methyl/N-ethyl adjacent to an activating group) is 1. The van der Waals surface area contributed by atoms with Gasteiger partial charge >= 0.3 is 0 Å². The van der Waals surface area contributed by atoms with Crippen LogP contribution >= 0.6 is 0 Å².